The molecule has 24 heavy (non-hydrogen) atoms. The Hall–Kier alpha value is -2.44. The van der Waals surface area contributed by atoms with Crippen LogP contribution in [0.3, 0.4) is 0 Å². The zero-order valence-electron chi connectivity index (χ0n) is 14.7. The van der Waals surface area contributed by atoms with Crippen LogP contribution in [0.25, 0.3) is 0 Å². The predicted octanol–water partition coefficient (Wildman–Crippen LogP) is 2.19. The molecule has 1 atom stereocenters. The highest BCUT2D eigenvalue weighted by Gasteiger charge is 2.33. The lowest BCUT2D eigenvalue weighted by atomic mass is 9.96. The molecule has 132 valence electrons. The molecule has 0 spiro atoms. The molecule has 1 heterocycles. The molecule has 1 fully saturated rings. The number of carbonyl (C=O) groups is 2. The first-order valence-electron chi connectivity index (χ1n) is 7.74. The van der Waals surface area contributed by atoms with Crippen LogP contribution in [0, 0.1) is 5.41 Å². The Balaban J connectivity index is 2.03. The molecule has 7 nitrogen and oxygen atoms in total. The Kier molecular flexibility index (Phi) is 5.21. The monoisotopic (exact) mass is 336 g/mol. The average Bonchev–Trinajstić information content (AvgIpc) is 2.91. The molecule has 2 amide bonds. The number of carbonyl (C=O) groups excluding carboxylic acids is 2. The van der Waals surface area contributed by atoms with Crippen molar-refractivity contribution in [2.24, 2.45) is 5.41 Å². The molecule has 1 aliphatic rings. The van der Waals surface area contributed by atoms with Crippen LogP contribution < -0.4 is 19.7 Å². The minimum atomic E-state index is -0.481. The number of cyclic esters (lactones) is 1. The molecule has 0 saturated carbocycles. The standard InChI is InChI=1S/C17H24N2O5/c1-17(2,3)15(20)18-9-12-10-19(16(21)24-12)11-6-7-13(22-4)14(8-11)23-5/h6-8,12H,9-10H2,1-5H3,(H,18,20). The molecule has 7 heteroatoms. The van der Waals surface area contributed by atoms with Crippen molar-refractivity contribution in [1.82, 2.24) is 5.32 Å². The van der Waals surface area contributed by atoms with Gasteiger partial charge in [-0.25, -0.2) is 4.79 Å². The first-order valence-corrected chi connectivity index (χ1v) is 7.74. The Bertz CT molecular complexity index is 624. The second-order valence-electron chi connectivity index (χ2n) is 6.62. The van der Waals surface area contributed by atoms with E-state index in [-0.39, 0.29) is 12.5 Å². The second-order valence-corrected chi connectivity index (χ2v) is 6.62. The topological polar surface area (TPSA) is 77.1 Å². The quantitative estimate of drug-likeness (QED) is 0.892. The lowest BCUT2D eigenvalue weighted by Gasteiger charge is -2.19. The number of methoxy groups -OCH3 is 2. The summed E-state index contributed by atoms with van der Waals surface area (Å²) in [6.45, 7) is 6.14. The van der Waals surface area contributed by atoms with Crippen LogP contribution in [-0.2, 0) is 9.53 Å². The first-order chi connectivity index (χ1) is 11.3. The SMILES string of the molecule is COc1ccc(N2CC(CNC(=O)C(C)(C)C)OC2=O)cc1OC. The van der Waals surface area contributed by atoms with Crippen LogP contribution in [0.2, 0.25) is 0 Å². The minimum absolute atomic E-state index is 0.0804. The normalized spacial score (nSPS) is 17.5. The molecule has 1 aromatic rings. The predicted molar refractivity (Wildman–Crippen MR) is 89.6 cm³/mol. The maximum Gasteiger partial charge on any atom is 0.414 e. The van der Waals surface area contributed by atoms with Crippen molar-refractivity contribution in [2.45, 2.75) is 26.9 Å². The zero-order chi connectivity index (χ0) is 17.9. The van der Waals surface area contributed by atoms with Crippen LogP contribution >= 0.6 is 0 Å². The second kappa shape index (κ2) is 6.98. The number of hydrogen-bond acceptors (Lipinski definition) is 5. The molecule has 2 rings (SSSR count). The summed E-state index contributed by atoms with van der Waals surface area (Å²) in [5, 5.41) is 2.81. The van der Waals surface area contributed by atoms with Crippen LogP contribution in [-0.4, -0.2) is 45.4 Å². The van der Waals surface area contributed by atoms with Crippen molar-refractivity contribution in [3.05, 3.63) is 18.2 Å². The van der Waals surface area contributed by atoms with Crippen LogP contribution in [0.1, 0.15) is 20.8 Å². The lowest BCUT2D eigenvalue weighted by molar-refractivity contribution is -0.128. The van der Waals surface area contributed by atoms with Crippen molar-refractivity contribution < 1.29 is 23.8 Å². The molecule has 1 aromatic carbocycles. The Morgan fingerprint density at radius 3 is 2.54 bits per heavy atom. The van der Waals surface area contributed by atoms with Gasteiger partial charge in [-0.05, 0) is 12.1 Å². The number of nitrogens with zero attached hydrogens (tertiary/aromatic N) is 1. The van der Waals surface area contributed by atoms with Gasteiger partial charge in [-0.1, -0.05) is 20.8 Å². The molecule has 1 unspecified atom stereocenters. The van der Waals surface area contributed by atoms with Crippen molar-refractivity contribution >= 4 is 17.7 Å². The van der Waals surface area contributed by atoms with E-state index in [2.05, 4.69) is 5.32 Å². The highest BCUT2D eigenvalue weighted by molar-refractivity contribution is 5.90. The number of amides is 2. The third-order valence-electron chi connectivity index (χ3n) is 3.72. The number of benzene rings is 1. The Labute approximate surface area is 141 Å². The van der Waals surface area contributed by atoms with Gasteiger partial charge in [0.2, 0.25) is 5.91 Å². The summed E-state index contributed by atoms with van der Waals surface area (Å²) in [6.07, 6.45) is -0.839. The van der Waals surface area contributed by atoms with Crippen molar-refractivity contribution in [3.8, 4) is 11.5 Å². The summed E-state index contributed by atoms with van der Waals surface area (Å²) in [5.41, 5.74) is 0.174. The van der Waals surface area contributed by atoms with E-state index in [1.165, 1.54) is 12.0 Å². The number of nitrogens with one attached hydrogen (secondary N) is 1. The summed E-state index contributed by atoms with van der Waals surface area (Å²) in [4.78, 5) is 25.5. The van der Waals surface area contributed by atoms with Crippen LogP contribution in [0.15, 0.2) is 18.2 Å². The smallest absolute Gasteiger partial charge is 0.414 e. The maximum atomic E-state index is 12.1. The van der Waals surface area contributed by atoms with Gasteiger partial charge >= 0.3 is 6.09 Å². The van der Waals surface area contributed by atoms with Gasteiger partial charge in [0.05, 0.1) is 33.0 Å². The highest BCUT2D eigenvalue weighted by Crippen LogP contribution is 2.33. The van der Waals surface area contributed by atoms with Crippen molar-refractivity contribution in [3.63, 3.8) is 0 Å². The third-order valence-corrected chi connectivity index (χ3v) is 3.72. The van der Waals surface area contributed by atoms with Gasteiger partial charge in [-0.15, -0.1) is 0 Å². The third kappa shape index (κ3) is 3.90. The molecule has 1 N–H and O–H groups in total. The van der Waals surface area contributed by atoms with Gasteiger partial charge in [0.1, 0.15) is 6.10 Å². The molecule has 0 aromatic heterocycles. The van der Waals surface area contributed by atoms with E-state index < -0.39 is 17.6 Å². The van der Waals surface area contributed by atoms with Gasteiger partial charge in [-0.2, -0.15) is 0 Å². The largest absolute Gasteiger partial charge is 0.493 e. The van der Waals surface area contributed by atoms with Gasteiger partial charge in [-0.3, -0.25) is 9.69 Å². The summed E-state index contributed by atoms with van der Waals surface area (Å²) in [6, 6.07) is 5.21. The van der Waals surface area contributed by atoms with E-state index in [0.29, 0.717) is 23.7 Å². The molecule has 0 aliphatic carbocycles. The summed E-state index contributed by atoms with van der Waals surface area (Å²) in [5.74, 6) is 1.04. The Morgan fingerprint density at radius 1 is 1.29 bits per heavy atom. The number of rotatable bonds is 5. The first kappa shape index (κ1) is 17.9. The maximum absolute atomic E-state index is 12.1. The van der Waals surface area contributed by atoms with Crippen LogP contribution in [0.4, 0.5) is 10.5 Å². The van der Waals surface area contributed by atoms with Crippen molar-refractivity contribution in [2.75, 3.05) is 32.2 Å². The van der Waals surface area contributed by atoms with Gasteiger partial charge in [0.15, 0.2) is 11.5 Å². The Morgan fingerprint density at radius 2 is 1.96 bits per heavy atom. The van der Waals surface area contributed by atoms with E-state index in [4.69, 9.17) is 14.2 Å². The number of hydrogen-bond donors (Lipinski definition) is 1. The lowest BCUT2D eigenvalue weighted by Crippen LogP contribution is -2.40. The fourth-order valence-electron chi connectivity index (χ4n) is 2.30. The van der Waals surface area contributed by atoms with E-state index in [1.807, 2.05) is 20.8 Å². The summed E-state index contributed by atoms with van der Waals surface area (Å²) in [7, 11) is 3.09. The molecule has 0 bridgehead atoms. The van der Waals surface area contributed by atoms with Gasteiger partial charge in [0, 0.05) is 11.5 Å². The fourth-order valence-corrected chi connectivity index (χ4v) is 2.30. The van der Waals surface area contributed by atoms with Gasteiger partial charge in [0.25, 0.3) is 0 Å². The number of anilines is 1. The molecular weight excluding hydrogens is 312 g/mol. The van der Waals surface area contributed by atoms with Gasteiger partial charge < -0.3 is 19.5 Å². The van der Waals surface area contributed by atoms with E-state index >= 15 is 0 Å². The summed E-state index contributed by atoms with van der Waals surface area (Å²) >= 11 is 0. The van der Waals surface area contributed by atoms with E-state index in [1.54, 1.807) is 25.3 Å². The summed E-state index contributed by atoms with van der Waals surface area (Å²) < 4.78 is 15.8. The zero-order valence-corrected chi connectivity index (χ0v) is 14.7. The molecular formula is C17H24N2O5. The highest BCUT2D eigenvalue weighted by atomic mass is 16.6. The van der Waals surface area contributed by atoms with E-state index in [9.17, 15) is 9.59 Å². The fraction of sp³-hybridized carbons (Fsp3) is 0.529. The van der Waals surface area contributed by atoms with Crippen molar-refractivity contribution in [1.29, 1.82) is 0 Å². The average molecular weight is 336 g/mol. The van der Waals surface area contributed by atoms with Crippen LogP contribution in [0.5, 0.6) is 11.5 Å². The minimum Gasteiger partial charge on any atom is -0.493 e. The number of ether oxygens (including phenoxy) is 3. The van der Waals surface area contributed by atoms with E-state index in [0.717, 1.165) is 0 Å². The molecule has 0 radical (unpaired) electrons. The molecule has 1 aliphatic heterocycles. The molecule has 1 saturated heterocycles.